The maximum absolute atomic E-state index is 11.9. The van der Waals surface area contributed by atoms with Crippen molar-refractivity contribution in [3.05, 3.63) is 35.5 Å². The van der Waals surface area contributed by atoms with Gasteiger partial charge in [0.2, 0.25) is 0 Å². The van der Waals surface area contributed by atoms with Crippen molar-refractivity contribution in [2.24, 2.45) is 0 Å². The summed E-state index contributed by atoms with van der Waals surface area (Å²) in [6.07, 6.45) is 0.868. The van der Waals surface area contributed by atoms with Gasteiger partial charge >= 0.3 is 12.1 Å². The van der Waals surface area contributed by atoms with Gasteiger partial charge in [-0.05, 0) is 51.3 Å². The molecular formula is C19H25N3O4. The number of hydrogen-bond acceptors (Lipinski definition) is 6. The number of nitrogens with zero attached hydrogens (tertiary/aromatic N) is 1. The van der Waals surface area contributed by atoms with Gasteiger partial charge in [0.15, 0.2) is 0 Å². The van der Waals surface area contributed by atoms with Crippen LogP contribution in [0.4, 0.5) is 10.5 Å². The van der Waals surface area contributed by atoms with E-state index in [1.807, 2.05) is 32.9 Å². The van der Waals surface area contributed by atoms with Gasteiger partial charge in [0, 0.05) is 11.9 Å². The number of aryl methyl sites for hydroxylation is 1. The Bertz CT molecular complexity index is 812. The predicted octanol–water partition coefficient (Wildman–Crippen LogP) is 3.06. The number of anilines is 1. The molecule has 1 aromatic carbocycles. The summed E-state index contributed by atoms with van der Waals surface area (Å²) in [5.74, 6) is -0.511. The molecule has 7 heteroatoms. The zero-order valence-electron chi connectivity index (χ0n) is 15.6. The average molecular weight is 359 g/mol. The number of methoxy groups -OCH3 is 1. The summed E-state index contributed by atoms with van der Waals surface area (Å²) in [6, 6.07) is 7.21. The summed E-state index contributed by atoms with van der Waals surface area (Å²) in [5, 5.41) is 3.61. The van der Waals surface area contributed by atoms with Crippen LogP contribution in [0.2, 0.25) is 0 Å². The van der Waals surface area contributed by atoms with E-state index in [2.05, 4.69) is 10.3 Å². The molecule has 0 bridgehead atoms. The van der Waals surface area contributed by atoms with E-state index in [1.54, 1.807) is 12.1 Å². The number of para-hydroxylation sites is 1. The van der Waals surface area contributed by atoms with Crippen LogP contribution >= 0.6 is 0 Å². The van der Waals surface area contributed by atoms with Crippen molar-refractivity contribution >= 4 is 28.7 Å². The highest BCUT2D eigenvalue weighted by Crippen LogP contribution is 2.24. The van der Waals surface area contributed by atoms with E-state index < -0.39 is 17.7 Å². The highest BCUT2D eigenvalue weighted by Gasteiger charge is 2.16. The van der Waals surface area contributed by atoms with Gasteiger partial charge in [0.05, 0.1) is 18.3 Å². The molecule has 0 radical (unpaired) electrons. The van der Waals surface area contributed by atoms with Crippen LogP contribution in [0.1, 0.15) is 43.2 Å². The minimum atomic E-state index is -0.529. The van der Waals surface area contributed by atoms with Crippen molar-refractivity contribution < 1.29 is 19.1 Å². The lowest BCUT2D eigenvalue weighted by atomic mass is 10.0. The van der Waals surface area contributed by atoms with E-state index in [0.717, 1.165) is 10.9 Å². The van der Waals surface area contributed by atoms with Crippen molar-refractivity contribution in [2.45, 2.75) is 39.2 Å². The van der Waals surface area contributed by atoms with Gasteiger partial charge < -0.3 is 20.5 Å². The third-order valence-electron chi connectivity index (χ3n) is 3.64. The van der Waals surface area contributed by atoms with E-state index in [4.69, 9.17) is 15.2 Å². The number of fused-ring (bicyclic) bond motifs is 1. The summed E-state index contributed by atoms with van der Waals surface area (Å²) >= 11 is 0. The summed E-state index contributed by atoms with van der Waals surface area (Å²) in [7, 11) is 1.31. The van der Waals surface area contributed by atoms with Crippen LogP contribution in [0.15, 0.2) is 24.3 Å². The van der Waals surface area contributed by atoms with Crippen LogP contribution in [0.3, 0.4) is 0 Å². The first-order valence-electron chi connectivity index (χ1n) is 8.44. The maximum Gasteiger partial charge on any atom is 0.407 e. The molecule has 2 aromatic rings. The van der Waals surface area contributed by atoms with Crippen molar-refractivity contribution in [2.75, 3.05) is 19.4 Å². The standard InChI is InChI=1S/C19H25N3O4/c1-19(2,3)26-18(24)21-10-6-7-12-11-15(17(23)25-4)22-16-13(12)8-5-9-14(16)20/h5,8-9,11H,6-7,10,20H2,1-4H3,(H,21,24). The zero-order valence-corrected chi connectivity index (χ0v) is 15.6. The quantitative estimate of drug-likeness (QED) is 0.483. The van der Waals surface area contributed by atoms with Crippen molar-refractivity contribution in [3.8, 4) is 0 Å². The van der Waals surface area contributed by atoms with Crippen LogP contribution in [0.25, 0.3) is 10.9 Å². The monoisotopic (exact) mass is 359 g/mol. The Morgan fingerprint density at radius 3 is 2.65 bits per heavy atom. The largest absolute Gasteiger partial charge is 0.464 e. The number of hydrogen-bond donors (Lipinski definition) is 2. The van der Waals surface area contributed by atoms with Crippen molar-refractivity contribution in [1.82, 2.24) is 10.3 Å². The second-order valence-corrected chi connectivity index (χ2v) is 6.93. The Balaban J connectivity index is 2.12. The molecule has 0 spiro atoms. The molecular weight excluding hydrogens is 334 g/mol. The minimum Gasteiger partial charge on any atom is -0.464 e. The van der Waals surface area contributed by atoms with E-state index in [9.17, 15) is 9.59 Å². The Hall–Kier alpha value is -2.83. The lowest BCUT2D eigenvalue weighted by Crippen LogP contribution is -2.33. The van der Waals surface area contributed by atoms with E-state index >= 15 is 0 Å². The van der Waals surface area contributed by atoms with Crippen LogP contribution < -0.4 is 11.1 Å². The topological polar surface area (TPSA) is 104 Å². The van der Waals surface area contributed by atoms with Gasteiger partial charge in [-0.3, -0.25) is 0 Å². The first-order valence-corrected chi connectivity index (χ1v) is 8.44. The number of amides is 1. The molecule has 0 unspecified atom stereocenters. The lowest BCUT2D eigenvalue weighted by Gasteiger charge is -2.19. The number of pyridine rings is 1. The highest BCUT2D eigenvalue weighted by atomic mass is 16.6. The molecule has 26 heavy (non-hydrogen) atoms. The van der Waals surface area contributed by atoms with Gasteiger partial charge in [-0.25, -0.2) is 14.6 Å². The number of aromatic nitrogens is 1. The molecule has 0 aliphatic carbocycles. The number of benzene rings is 1. The predicted molar refractivity (Wildman–Crippen MR) is 100 cm³/mol. The second kappa shape index (κ2) is 8.03. The summed E-state index contributed by atoms with van der Waals surface area (Å²) in [4.78, 5) is 27.9. The molecule has 0 fully saturated rings. The Kier molecular flexibility index (Phi) is 6.02. The number of nitrogens with one attached hydrogen (secondary N) is 1. The summed E-state index contributed by atoms with van der Waals surface area (Å²) in [5.41, 5.74) is 7.69. The van der Waals surface area contributed by atoms with Gasteiger partial charge in [0.25, 0.3) is 0 Å². The van der Waals surface area contributed by atoms with Crippen LogP contribution in [0, 0.1) is 0 Å². The number of carbonyl (C=O) groups excluding carboxylic acids is 2. The fourth-order valence-corrected chi connectivity index (χ4v) is 2.54. The molecule has 2 rings (SSSR count). The molecule has 1 heterocycles. The molecule has 0 saturated carbocycles. The van der Waals surface area contributed by atoms with Crippen LogP contribution in [0.5, 0.6) is 0 Å². The number of rotatable bonds is 5. The van der Waals surface area contributed by atoms with Gasteiger partial charge in [0.1, 0.15) is 11.3 Å². The lowest BCUT2D eigenvalue weighted by molar-refractivity contribution is 0.0526. The zero-order chi connectivity index (χ0) is 19.3. The van der Waals surface area contributed by atoms with E-state index in [0.29, 0.717) is 30.6 Å². The molecule has 140 valence electrons. The smallest absolute Gasteiger partial charge is 0.407 e. The summed E-state index contributed by atoms with van der Waals surface area (Å²) in [6.45, 7) is 5.89. The van der Waals surface area contributed by atoms with Gasteiger partial charge in [-0.1, -0.05) is 12.1 Å². The van der Waals surface area contributed by atoms with Crippen molar-refractivity contribution in [3.63, 3.8) is 0 Å². The fourth-order valence-electron chi connectivity index (χ4n) is 2.54. The number of ether oxygens (including phenoxy) is 2. The molecule has 7 nitrogen and oxygen atoms in total. The molecule has 1 aromatic heterocycles. The number of carbonyl (C=O) groups is 2. The number of alkyl carbamates (subject to hydrolysis) is 1. The molecule has 1 amide bonds. The van der Waals surface area contributed by atoms with Crippen LogP contribution in [-0.2, 0) is 15.9 Å². The maximum atomic E-state index is 11.9. The Morgan fingerprint density at radius 2 is 2.00 bits per heavy atom. The van der Waals surface area contributed by atoms with E-state index in [-0.39, 0.29) is 5.69 Å². The number of nitrogens with two attached hydrogens (primary N) is 1. The second-order valence-electron chi connectivity index (χ2n) is 6.93. The molecule has 3 N–H and O–H groups in total. The Labute approximate surface area is 152 Å². The molecule has 0 aliphatic heterocycles. The number of esters is 1. The molecule has 0 aliphatic rings. The highest BCUT2D eigenvalue weighted by molar-refractivity contribution is 5.96. The first kappa shape index (κ1) is 19.5. The molecule has 0 atom stereocenters. The first-order chi connectivity index (χ1) is 12.2. The fraction of sp³-hybridized carbons (Fsp3) is 0.421. The van der Waals surface area contributed by atoms with Gasteiger partial charge in [-0.2, -0.15) is 0 Å². The third kappa shape index (κ3) is 5.08. The SMILES string of the molecule is COC(=O)c1cc(CCCNC(=O)OC(C)(C)C)c2cccc(N)c2n1. The van der Waals surface area contributed by atoms with E-state index in [1.165, 1.54) is 7.11 Å². The van der Waals surface area contributed by atoms with Gasteiger partial charge in [-0.15, -0.1) is 0 Å². The minimum absolute atomic E-state index is 0.216. The number of nitrogen functional groups attached to an aromatic ring is 1. The Morgan fingerprint density at radius 1 is 1.27 bits per heavy atom. The van der Waals surface area contributed by atoms with Crippen LogP contribution in [-0.4, -0.2) is 36.3 Å². The normalized spacial score (nSPS) is 11.2. The molecule has 0 saturated heterocycles. The van der Waals surface area contributed by atoms with Crippen molar-refractivity contribution in [1.29, 1.82) is 0 Å². The third-order valence-corrected chi connectivity index (χ3v) is 3.64. The summed E-state index contributed by atoms with van der Waals surface area (Å²) < 4.78 is 9.97. The average Bonchev–Trinajstić information content (AvgIpc) is 2.56.